The second-order valence-corrected chi connectivity index (χ2v) is 5.34. The van der Waals surface area contributed by atoms with Crippen molar-refractivity contribution in [1.29, 1.82) is 0 Å². The lowest BCUT2D eigenvalue weighted by molar-refractivity contribution is 0.102. The summed E-state index contributed by atoms with van der Waals surface area (Å²) in [4.78, 5) is 12.5. The first-order valence-electron chi connectivity index (χ1n) is 6.98. The van der Waals surface area contributed by atoms with Gasteiger partial charge in [-0.2, -0.15) is 0 Å². The SMILES string of the molecule is COc1cccc2cc(C(=O)Nc3ccc(Cl)cc3)/c(=N/O)oc12. The van der Waals surface area contributed by atoms with Crippen LogP contribution in [0.1, 0.15) is 10.4 Å². The zero-order chi connectivity index (χ0) is 17.1. The third-order valence-corrected chi connectivity index (χ3v) is 3.65. The van der Waals surface area contributed by atoms with Crippen molar-refractivity contribution in [3.63, 3.8) is 0 Å². The summed E-state index contributed by atoms with van der Waals surface area (Å²) in [5.41, 5.74) is 0.821. The summed E-state index contributed by atoms with van der Waals surface area (Å²) >= 11 is 5.82. The summed E-state index contributed by atoms with van der Waals surface area (Å²) in [7, 11) is 1.50. The van der Waals surface area contributed by atoms with E-state index in [9.17, 15) is 10.0 Å². The van der Waals surface area contributed by atoms with Crippen LogP contribution in [0.3, 0.4) is 0 Å². The van der Waals surface area contributed by atoms with E-state index < -0.39 is 5.91 Å². The molecular weight excluding hydrogens is 332 g/mol. The van der Waals surface area contributed by atoms with Crippen molar-refractivity contribution in [3.05, 3.63) is 64.7 Å². The van der Waals surface area contributed by atoms with Crippen molar-refractivity contribution in [1.82, 2.24) is 0 Å². The molecule has 0 saturated heterocycles. The van der Waals surface area contributed by atoms with Crippen molar-refractivity contribution >= 4 is 34.2 Å². The number of benzene rings is 2. The molecule has 0 atom stereocenters. The van der Waals surface area contributed by atoms with E-state index in [1.54, 1.807) is 48.5 Å². The summed E-state index contributed by atoms with van der Waals surface area (Å²) in [6.07, 6.45) is 0. The molecule has 7 heteroatoms. The Morgan fingerprint density at radius 3 is 2.67 bits per heavy atom. The van der Waals surface area contributed by atoms with Gasteiger partial charge < -0.3 is 19.7 Å². The maximum atomic E-state index is 12.5. The number of carbonyl (C=O) groups is 1. The van der Waals surface area contributed by atoms with E-state index in [2.05, 4.69) is 10.5 Å². The Hall–Kier alpha value is -2.99. The van der Waals surface area contributed by atoms with Crippen LogP contribution in [-0.2, 0) is 0 Å². The first-order valence-corrected chi connectivity index (χ1v) is 7.36. The van der Waals surface area contributed by atoms with Gasteiger partial charge in [0.25, 0.3) is 11.5 Å². The van der Waals surface area contributed by atoms with E-state index in [0.717, 1.165) is 0 Å². The Balaban J connectivity index is 2.05. The zero-order valence-corrected chi connectivity index (χ0v) is 13.4. The Kier molecular flexibility index (Phi) is 4.39. The van der Waals surface area contributed by atoms with E-state index in [0.29, 0.717) is 27.4 Å². The number of methoxy groups -OCH3 is 1. The van der Waals surface area contributed by atoms with Crippen LogP contribution in [0.5, 0.6) is 5.75 Å². The van der Waals surface area contributed by atoms with E-state index in [1.807, 2.05) is 0 Å². The van der Waals surface area contributed by atoms with Gasteiger partial charge in [0.1, 0.15) is 5.56 Å². The molecule has 122 valence electrons. The molecule has 3 rings (SSSR count). The predicted molar refractivity (Wildman–Crippen MR) is 89.5 cm³/mol. The number of amides is 1. The Morgan fingerprint density at radius 2 is 2.00 bits per heavy atom. The first kappa shape index (κ1) is 15.9. The number of rotatable bonds is 3. The van der Waals surface area contributed by atoms with Crippen LogP contribution in [0.25, 0.3) is 11.0 Å². The second-order valence-electron chi connectivity index (χ2n) is 4.90. The normalized spacial score (nSPS) is 11.5. The summed E-state index contributed by atoms with van der Waals surface area (Å²) in [5.74, 6) is 0.000603. The highest BCUT2D eigenvalue weighted by Gasteiger charge is 2.15. The molecule has 24 heavy (non-hydrogen) atoms. The van der Waals surface area contributed by atoms with Gasteiger partial charge in [-0.3, -0.25) is 4.79 Å². The number of hydrogen-bond acceptors (Lipinski definition) is 5. The average molecular weight is 345 g/mol. The number of carbonyl (C=O) groups excluding carboxylic acids is 1. The van der Waals surface area contributed by atoms with Gasteiger partial charge in [-0.15, -0.1) is 0 Å². The highest BCUT2D eigenvalue weighted by molar-refractivity contribution is 6.30. The van der Waals surface area contributed by atoms with Gasteiger partial charge in [0, 0.05) is 16.1 Å². The van der Waals surface area contributed by atoms with Crippen LogP contribution in [0.15, 0.2) is 58.1 Å². The van der Waals surface area contributed by atoms with Gasteiger partial charge >= 0.3 is 0 Å². The van der Waals surface area contributed by atoms with Crippen molar-refractivity contribution in [2.75, 3.05) is 12.4 Å². The number of fused-ring (bicyclic) bond motifs is 1. The monoisotopic (exact) mass is 344 g/mol. The van der Waals surface area contributed by atoms with Gasteiger partial charge in [-0.25, -0.2) is 0 Å². The fraction of sp³-hybridized carbons (Fsp3) is 0.0588. The molecule has 0 radical (unpaired) electrons. The summed E-state index contributed by atoms with van der Waals surface area (Å²) in [5, 5.41) is 16.2. The molecule has 0 bridgehead atoms. The third kappa shape index (κ3) is 3.04. The Labute approximate surface area is 141 Å². The van der Waals surface area contributed by atoms with E-state index >= 15 is 0 Å². The van der Waals surface area contributed by atoms with Crippen LogP contribution in [0.2, 0.25) is 5.02 Å². The van der Waals surface area contributed by atoms with Crippen LogP contribution in [0, 0.1) is 0 Å². The molecule has 0 fully saturated rings. The van der Waals surface area contributed by atoms with Gasteiger partial charge in [-0.1, -0.05) is 23.7 Å². The Bertz CT molecular complexity index is 964. The van der Waals surface area contributed by atoms with Crippen molar-refractivity contribution in [3.8, 4) is 5.75 Å². The minimum atomic E-state index is -0.474. The fourth-order valence-corrected chi connectivity index (χ4v) is 2.38. The maximum absolute atomic E-state index is 12.5. The van der Waals surface area contributed by atoms with Crippen LogP contribution in [-0.4, -0.2) is 18.2 Å². The fourth-order valence-electron chi connectivity index (χ4n) is 2.25. The smallest absolute Gasteiger partial charge is 0.268 e. The average Bonchev–Trinajstić information content (AvgIpc) is 2.61. The third-order valence-electron chi connectivity index (χ3n) is 3.40. The second kappa shape index (κ2) is 6.64. The molecule has 3 aromatic rings. The lowest BCUT2D eigenvalue weighted by Crippen LogP contribution is -2.21. The molecular formula is C17H13ClN2O4. The predicted octanol–water partition coefficient (Wildman–Crippen LogP) is 3.64. The molecule has 0 aliphatic heterocycles. The standard InChI is InChI=1S/C17H13ClN2O4/c1-23-14-4-2-3-10-9-13(17(20-22)24-15(10)14)16(21)19-12-7-5-11(18)6-8-12/h2-9,22H,1H3,(H,19,21)/b20-17-. The molecule has 1 amide bonds. The van der Waals surface area contributed by atoms with E-state index in [4.69, 9.17) is 20.8 Å². The molecule has 0 aliphatic rings. The van der Waals surface area contributed by atoms with Gasteiger partial charge in [0.15, 0.2) is 11.3 Å². The summed E-state index contributed by atoms with van der Waals surface area (Å²) in [6, 6.07) is 13.5. The molecule has 6 nitrogen and oxygen atoms in total. The number of halogens is 1. The molecule has 1 heterocycles. The highest BCUT2D eigenvalue weighted by Crippen LogP contribution is 2.24. The summed E-state index contributed by atoms with van der Waals surface area (Å²) < 4.78 is 10.7. The highest BCUT2D eigenvalue weighted by atomic mass is 35.5. The van der Waals surface area contributed by atoms with Gasteiger partial charge in [-0.05, 0) is 41.6 Å². The number of para-hydroxylation sites is 1. The number of anilines is 1. The number of ether oxygens (including phenoxy) is 1. The number of nitrogens with zero attached hydrogens (tertiary/aromatic N) is 1. The Morgan fingerprint density at radius 1 is 1.25 bits per heavy atom. The van der Waals surface area contributed by atoms with Crippen LogP contribution >= 0.6 is 11.6 Å². The van der Waals surface area contributed by atoms with Crippen molar-refractivity contribution in [2.24, 2.45) is 5.16 Å². The molecule has 0 aliphatic carbocycles. The molecule has 0 saturated carbocycles. The van der Waals surface area contributed by atoms with Crippen LogP contribution < -0.4 is 15.6 Å². The first-order chi connectivity index (χ1) is 11.6. The zero-order valence-electron chi connectivity index (χ0n) is 12.6. The largest absolute Gasteiger partial charge is 0.493 e. The minimum absolute atomic E-state index is 0.0909. The van der Waals surface area contributed by atoms with E-state index in [-0.39, 0.29) is 11.1 Å². The number of hydrogen-bond donors (Lipinski definition) is 2. The summed E-state index contributed by atoms with van der Waals surface area (Å²) in [6.45, 7) is 0. The van der Waals surface area contributed by atoms with Gasteiger partial charge in [0.2, 0.25) is 0 Å². The quantitative estimate of drug-likeness (QED) is 0.561. The van der Waals surface area contributed by atoms with Crippen molar-refractivity contribution in [2.45, 2.75) is 0 Å². The molecule has 2 aromatic carbocycles. The molecule has 1 aromatic heterocycles. The van der Waals surface area contributed by atoms with Crippen molar-refractivity contribution < 1.29 is 19.2 Å². The topological polar surface area (TPSA) is 84.1 Å². The lowest BCUT2D eigenvalue weighted by Gasteiger charge is -2.08. The maximum Gasteiger partial charge on any atom is 0.268 e. The van der Waals surface area contributed by atoms with Crippen LogP contribution in [0.4, 0.5) is 5.69 Å². The van der Waals surface area contributed by atoms with Gasteiger partial charge in [0.05, 0.1) is 7.11 Å². The molecule has 0 spiro atoms. The molecule has 2 N–H and O–H groups in total. The van der Waals surface area contributed by atoms with E-state index in [1.165, 1.54) is 7.11 Å². The lowest BCUT2D eigenvalue weighted by atomic mass is 10.1. The number of nitrogens with one attached hydrogen (secondary N) is 1. The minimum Gasteiger partial charge on any atom is -0.493 e. The molecule has 0 unspecified atom stereocenters.